The number of rotatable bonds is 14. The van der Waals surface area contributed by atoms with Crippen LogP contribution in [0, 0.1) is 0 Å². The van der Waals surface area contributed by atoms with E-state index in [9.17, 15) is 9.90 Å². The molecule has 5 heteroatoms. The Morgan fingerprint density at radius 1 is 0.848 bits per heavy atom. The lowest BCUT2D eigenvalue weighted by molar-refractivity contribution is 0.290. The molecule has 178 valence electrons. The Hall–Kier alpha value is -2.95. The van der Waals surface area contributed by atoms with Crippen LogP contribution >= 0.6 is 0 Å². The number of aryl methyl sites for hydroxylation is 1. The molecule has 0 aliphatic carbocycles. The number of benzene rings is 2. The summed E-state index contributed by atoms with van der Waals surface area (Å²) in [4.78, 5) is 13.1. The van der Waals surface area contributed by atoms with Crippen molar-refractivity contribution >= 4 is 10.9 Å². The van der Waals surface area contributed by atoms with Gasteiger partial charge in [-0.15, -0.1) is 0 Å². The van der Waals surface area contributed by atoms with Crippen LogP contribution in [0.5, 0.6) is 17.2 Å². The zero-order valence-corrected chi connectivity index (χ0v) is 20.0. The van der Waals surface area contributed by atoms with Gasteiger partial charge in [0.25, 0.3) is 5.56 Å². The van der Waals surface area contributed by atoms with Gasteiger partial charge < -0.3 is 19.1 Å². The van der Waals surface area contributed by atoms with Crippen molar-refractivity contribution in [1.82, 2.24) is 4.57 Å². The largest absolute Gasteiger partial charge is 0.500 e. The van der Waals surface area contributed by atoms with Gasteiger partial charge in [-0.25, -0.2) is 0 Å². The second-order valence-electron chi connectivity index (χ2n) is 8.56. The van der Waals surface area contributed by atoms with E-state index >= 15 is 0 Å². The van der Waals surface area contributed by atoms with E-state index in [1.54, 1.807) is 4.57 Å². The van der Waals surface area contributed by atoms with Crippen LogP contribution in [-0.2, 0) is 13.2 Å². The van der Waals surface area contributed by atoms with Crippen LogP contribution in [0.3, 0.4) is 0 Å². The fraction of sp³-hybridized carbons (Fsp3) is 0.464. The average Bonchev–Trinajstić information content (AvgIpc) is 2.84. The van der Waals surface area contributed by atoms with Crippen molar-refractivity contribution in [3.63, 3.8) is 0 Å². The highest BCUT2D eigenvalue weighted by Gasteiger charge is 2.18. The standard InChI is InChI=1S/C28H37NO4/c1-3-5-7-8-9-13-18-29-25-20-23(32-19-6-4-2)16-17-24(25)27(26(30)28(29)31)33-21-22-14-11-10-12-15-22/h10-12,14-17,20,30H,3-9,13,18-19,21H2,1-2H3. The molecule has 0 saturated heterocycles. The molecule has 0 unspecified atom stereocenters. The minimum absolute atomic E-state index is 0.234. The molecule has 0 radical (unpaired) electrons. The molecule has 0 saturated carbocycles. The molecule has 1 aromatic heterocycles. The van der Waals surface area contributed by atoms with Gasteiger partial charge in [0, 0.05) is 18.0 Å². The van der Waals surface area contributed by atoms with Crippen LogP contribution in [-0.4, -0.2) is 16.3 Å². The molecule has 0 spiro atoms. The number of fused-ring (bicyclic) bond motifs is 1. The number of hydrogen-bond acceptors (Lipinski definition) is 4. The molecule has 1 N–H and O–H groups in total. The van der Waals surface area contributed by atoms with E-state index in [1.165, 1.54) is 19.3 Å². The maximum atomic E-state index is 13.1. The highest BCUT2D eigenvalue weighted by atomic mass is 16.5. The van der Waals surface area contributed by atoms with E-state index in [1.807, 2.05) is 48.5 Å². The Labute approximate surface area is 197 Å². The second-order valence-corrected chi connectivity index (χ2v) is 8.56. The number of nitrogens with zero attached hydrogens (tertiary/aromatic N) is 1. The first-order valence-electron chi connectivity index (χ1n) is 12.3. The van der Waals surface area contributed by atoms with Gasteiger partial charge in [-0.2, -0.15) is 0 Å². The van der Waals surface area contributed by atoms with Gasteiger partial charge in [-0.05, 0) is 30.5 Å². The molecular weight excluding hydrogens is 414 g/mol. The third kappa shape index (κ3) is 6.77. The van der Waals surface area contributed by atoms with Gasteiger partial charge >= 0.3 is 0 Å². The van der Waals surface area contributed by atoms with Crippen LogP contribution in [0.2, 0.25) is 0 Å². The highest BCUT2D eigenvalue weighted by Crippen LogP contribution is 2.34. The number of aromatic nitrogens is 1. The summed E-state index contributed by atoms with van der Waals surface area (Å²) in [5, 5.41) is 11.5. The molecule has 3 rings (SSSR count). The zero-order valence-electron chi connectivity index (χ0n) is 20.0. The molecule has 0 fully saturated rings. The van der Waals surface area contributed by atoms with Gasteiger partial charge in [0.1, 0.15) is 12.4 Å². The molecule has 3 aromatic rings. The lowest BCUT2D eigenvalue weighted by Gasteiger charge is -2.17. The summed E-state index contributed by atoms with van der Waals surface area (Å²) >= 11 is 0. The molecule has 0 bridgehead atoms. The SMILES string of the molecule is CCCCCCCCn1c(=O)c(O)c(OCc2ccccc2)c2ccc(OCCCC)cc21. The summed E-state index contributed by atoms with van der Waals surface area (Å²) in [5.74, 6) is 0.633. The van der Waals surface area contributed by atoms with Crippen molar-refractivity contribution in [3.8, 4) is 17.2 Å². The number of unbranched alkanes of at least 4 members (excludes halogenated alkanes) is 6. The molecule has 0 atom stereocenters. The number of aromatic hydroxyl groups is 1. The minimum Gasteiger partial charge on any atom is -0.500 e. The minimum atomic E-state index is -0.412. The third-order valence-electron chi connectivity index (χ3n) is 5.90. The first-order valence-corrected chi connectivity index (χ1v) is 12.3. The van der Waals surface area contributed by atoms with Crippen molar-refractivity contribution in [2.24, 2.45) is 0 Å². The predicted octanol–water partition coefficient (Wildman–Crippen LogP) is 6.83. The summed E-state index contributed by atoms with van der Waals surface area (Å²) in [5.41, 5.74) is 1.30. The topological polar surface area (TPSA) is 60.7 Å². The Morgan fingerprint density at radius 3 is 2.33 bits per heavy atom. The fourth-order valence-electron chi connectivity index (χ4n) is 3.96. The molecule has 1 heterocycles. The van der Waals surface area contributed by atoms with Crippen molar-refractivity contribution in [1.29, 1.82) is 0 Å². The average molecular weight is 452 g/mol. The maximum Gasteiger partial charge on any atom is 0.297 e. The van der Waals surface area contributed by atoms with Gasteiger partial charge in [-0.3, -0.25) is 4.79 Å². The van der Waals surface area contributed by atoms with Crippen LogP contribution in [0.1, 0.15) is 70.8 Å². The first kappa shape index (κ1) is 24.7. The predicted molar refractivity (Wildman–Crippen MR) is 134 cm³/mol. The lowest BCUT2D eigenvalue weighted by atomic mass is 10.1. The van der Waals surface area contributed by atoms with Crippen LogP contribution < -0.4 is 15.0 Å². The maximum absolute atomic E-state index is 13.1. The van der Waals surface area contributed by atoms with Crippen LogP contribution in [0.25, 0.3) is 10.9 Å². The van der Waals surface area contributed by atoms with E-state index < -0.39 is 5.56 Å². The number of pyridine rings is 1. The van der Waals surface area contributed by atoms with E-state index in [4.69, 9.17) is 9.47 Å². The first-order chi connectivity index (χ1) is 16.2. The van der Waals surface area contributed by atoms with E-state index in [0.29, 0.717) is 13.2 Å². The summed E-state index contributed by atoms with van der Waals surface area (Å²) in [6, 6.07) is 15.4. The Bertz CT molecular complexity index is 1060. The molecule has 0 amide bonds. The van der Waals surface area contributed by atoms with Crippen LogP contribution in [0.15, 0.2) is 53.3 Å². The third-order valence-corrected chi connectivity index (χ3v) is 5.90. The van der Waals surface area contributed by atoms with Crippen molar-refractivity contribution in [2.45, 2.75) is 78.4 Å². The van der Waals surface area contributed by atoms with Crippen molar-refractivity contribution in [2.75, 3.05) is 6.61 Å². The van der Waals surface area contributed by atoms with Gasteiger partial charge in [-0.1, -0.05) is 82.7 Å². The van der Waals surface area contributed by atoms with E-state index in [0.717, 1.165) is 54.3 Å². The monoisotopic (exact) mass is 451 g/mol. The fourth-order valence-corrected chi connectivity index (χ4v) is 3.96. The second kappa shape index (κ2) is 12.9. The number of hydrogen-bond donors (Lipinski definition) is 1. The lowest BCUT2D eigenvalue weighted by Crippen LogP contribution is -2.21. The molecule has 0 aliphatic heterocycles. The molecular formula is C28H37NO4. The van der Waals surface area contributed by atoms with E-state index in [2.05, 4.69) is 13.8 Å². The smallest absolute Gasteiger partial charge is 0.297 e. The van der Waals surface area contributed by atoms with Gasteiger partial charge in [0.2, 0.25) is 5.75 Å². The Kier molecular flexibility index (Phi) is 9.67. The van der Waals surface area contributed by atoms with Crippen LogP contribution in [0.4, 0.5) is 0 Å². The van der Waals surface area contributed by atoms with Gasteiger partial charge in [0.05, 0.1) is 12.1 Å². The number of ether oxygens (including phenoxy) is 2. The van der Waals surface area contributed by atoms with E-state index in [-0.39, 0.29) is 18.1 Å². The zero-order chi connectivity index (χ0) is 23.5. The van der Waals surface area contributed by atoms with Gasteiger partial charge in [0.15, 0.2) is 5.75 Å². The molecule has 2 aromatic carbocycles. The summed E-state index contributed by atoms with van der Waals surface area (Å²) in [6.07, 6.45) is 8.83. The summed E-state index contributed by atoms with van der Waals surface area (Å²) in [7, 11) is 0. The molecule has 5 nitrogen and oxygen atoms in total. The Morgan fingerprint density at radius 2 is 1.58 bits per heavy atom. The highest BCUT2D eigenvalue weighted by molar-refractivity contribution is 5.88. The summed E-state index contributed by atoms with van der Waals surface area (Å²) < 4.78 is 13.5. The molecule has 33 heavy (non-hydrogen) atoms. The van der Waals surface area contributed by atoms with Crippen molar-refractivity contribution < 1.29 is 14.6 Å². The molecule has 0 aliphatic rings. The normalized spacial score (nSPS) is 11.1. The summed E-state index contributed by atoms with van der Waals surface area (Å²) in [6.45, 7) is 5.81. The quantitative estimate of drug-likeness (QED) is 0.273. The van der Waals surface area contributed by atoms with Crippen molar-refractivity contribution in [3.05, 3.63) is 64.4 Å². The Balaban J connectivity index is 1.90.